The highest BCUT2D eigenvalue weighted by Crippen LogP contribution is 2.32. The van der Waals surface area contributed by atoms with E-state index in [0.29, 0.717) is 4.47 Å². The van der Waals surface area contributed by atoms with Crippen LogP contribution in [0.15, 0.2) is 45.9 Å². The van der Waals surface area contributed by atoms with Crippen molar-refractivity contribution in [3.8, 4) is 0 Å². The molecule has 11 heteroatoms. The van der Waals surface area contributed by atoms with E-state index in [4.69, 9.17) is 0 Å². The molecule has 0 aliphatic rings. The van der Waals surface area contributed by atoms with Crippen molar-refractivity contribution in [1.29, 1.82) is 0 Å². The number of halogens is 4. The molecule has 0 spiro atoms. The molecule has 0 saturated carbocycles. The Hall–Kier alpha value is -1.22. The highest BCUT2D eigenvalue weighted by Gasteiger charge is 2.30. The summed E-state index contributed by atoms with van der Waals surface area (Å²) in [6.45, 7) is 0. The van der Waals surface area contributed by atoms with Crippen LogP contribution >= 0.6 is 25.2 Å². The number of rotatable bonds is 5. The smallest absolute Gasteiger partial charge is 0.339 e. The molecule has 0 aliphatic carbocycles. The van der Waals surface area contributed by atoms with E-state index in [1.807, 2.05) is 0 Å². The second-order valence-corrected chi connectivity index (χ2v) is 8.25. The van der Waals surface area contributed by atoms with Crippen molar-refractivity contribution >= 4 is 46.7 Å². The molecule has 1 aromatic heterocycles. The molecule has 0 amide bonds. The van der Waals surface area contributed by atoms with Crippen molar-refractivity contribution in [1.82, 2.24) is 9.29 Å². The van der Waals surface area contributed by atoms with Crippen LogP contribution in [0.2, 0.25) is 0 Å². The van der Waals surface area contributed by atoms with Gasteiger partial charge in [0.2, 0.25) is 10.0 Å². The number of nitrogens with zero attached hydrogens (tertiary/aromatic N) is 2. The Kier molecular flexibility index (Phi) is 6.09. The molecule has 0 fully saturated rings. The van der Waals surface area contributed by atoms with Gasteiger partial charge in [0.1, 0.15) is 10.7 Å². The lowest BCUT2D eigenvalue weighted by Crippen LogP contribution is -2.25. The lowest BCUT2D eigenvalue weighted by atomic mass is 10.2. The van der Waals surface area contributed by atoms with Gasteiger partial charge in [-0.2, -0.15) is 17.5 Å². The monoisotopic (exact) mass is 455 g/mol. The lowest BCUT2D eigenvalue weighted by molar-refractivity contribution is -0.137. The Balaban J connectivity index is 2.31. The first-order chi connectivity index (χ1) is 11.6. The second kappa shape index (κ2) is 7.57. The van der Waals surface area contributed by atoms with E-state index >= 15 is 0 Å². The fourth-order valence-corrected chi connectivity index (χ4v) is 4.04. The molecule has 2 aromatic rings. The van der Waals surface area contributed by atoms with Crippen LogP contribution in [-0.2, 0) is 16.2 Å². The number of aromatic nitrogens is 1. The summed E-state index contributed by atoms with van der Waals surface area (Å²) < 4.78 is 64.2. The normalized spacial score (nSPS) is 12.4. The summed E-state index contributed by atoms with van der Waals surface area (Å²) in [6.07, 6.45) is -3.10. The molecular weight excluding hydrogens is 442 g/mol. The average Bonchev–Trinajstić information content (AvgIpc) is 2.55. The SMILES string of the molecule is CN(CP)S(=O)(=O)c1cnc(Nc2cccc(C(F)(F)F)c2)c(Br)c1. The molecule has 2 rings (SSSR count). The Bertz CT molecular complexity index is 878. The molecule has 0 bridgehead atoms. The number of sulfonamides is 1. The molecule has 1 aromatic carbocycles. The number of benzene rings is 1. The first kappa shape index (κ1) is 20.1. The Labute approximate surface area is 154 Å². The zero-order chi connectivity index (χ0) is 18.8. The van der Waals surface area contributed by atoms with Gasteiger partial charge in [-0.05, 0) is 40.2 Å². The quantitative estimate of drug-likeness (QED) is 0.690. The Morgan fingerprint density at radius 3 is 2.56 bits per heavy atom. The van der Waals surface area contributed by atoms with Gasteiger partial charge in [0, 0.05) is 25.2 Å². The minimum absolute atomic E-state index is 0.0288. The molecule has 0 aliphatic heterocycles. The van der Waals surface area contributed by atoms with Crippen molar-refractivity contribution in [3.05, 3.63) is 46.6 Å². The maximum Gasteiger partial charge on any atom is 0.416 e. The van der Waals surface area contributed by atoms with Crippen LogP contribution in [0.4, 0.5) is 24.7 Å². The molecule has 0 radical (unpaired) electrons. The summed E-state index contributed by atoms with van der Waals surface area (Å²) in [5, 5.41) is 2.74. The van der Waals surface area contributed by atoms with Crippen molar-refractivity contribution in [2.75, 3.05) is 18.7 Å². The van der Waals surface area contributed by atoms with Gasteiger partial charge in [0.15, 0.2) is 0 Å². The highest BCUT2D eigenvalue weighted by molar-refractivity contribution is 9.10. The van der Waals surface area contributed by atoms with E-state index < -0.39 is 21.8 Å². The number of nitrogens with one attached hydrogen (secondary N) is 1. The van der Waals surface area contributed by atoms with Crippen LogP contribution in [-0.4, -0.2) is 31.0 Å². The summed E-state index contributed by atoms with van der Waals surface area (Å²) in [7, 11) is 0.0404. The van der Waals surface area contributed by atoms with Gasteiger partial charge in [-0.25, -0.2) is 13.4 Å². The van der Waals surface area contributed by atoms with E-state index in [1.54, 1.807) is 0 Å². The summed E-state index contributed by atoms with van der Waals surface area (Å²) in [4.78, 5) is 3.97. The van der Waals surface area contributed by atoms with Gasteiger partial charge in [-0.15, -0.1) is 9.24 Å². The van der Waals surface area contributed by atoms with Gasteiger partial charge in [-0.3, -0.25) is 0 Å². The predicted molar refractivity (Wildman–Crippen MR) is 96.2 cm³/mol. The zero-order valence-electron chi connectivity index (χ0n) is 12.9. The van der Waals surface area contributed by atoms with Gasteiger partial charge < -0.3 is 5.32 Å². The topological polar surface area (TPSA) is 62.3 Å². The van der Waals surface area contributed by atoms with Crippen LogP contribution < -0.4 is 5.32 Å². The van der Waals surface area contributed by atoms with Crippen LogP contribution in [0.1, 0.15) is 5.56 Å². The Morgan fingerprint density at radius 2 is 2.00 bits per heavy atom. The van der Waals surface area contributed by atoms with E-state index in [9.17, 15) is 21.6 Å². The third-order valence-electron chi connectivity index (χ3n) is 3.23. The molecule has 1 atom stereocenters. The van der Waals surface area contributed by atoms with Crippen molar-refractivity contribution in [3.63, 3.8) is 0 Å². The molecule has 1 N–H and O–H groups in total. The van der Waals surface area contributed by atoms with E-state index in [2.05, 4.69) is 35.5 Å². The number of hydrogen-bond acceptors (Lipinski definition) is 4. The number of hydrogen-bond donors (Lipinski definition) is 1. The van der Waals surface area contributed by atoms with Crippen LogP contribution in [0.5, 0.6) is 0 Å². The summed E-state index contributed by atoms with van der Waals surface area (Å²) in [6, 6.07) is 5.97. The number of alkyl halides is 3. The second-order valence-electron chi connectivity index (χ2n) is 4.99. The first-order valence-corrected chi connectivity index (χ1v) is 9.87. The van der Waals surface area contributed by atoms with Gasteiger partial charge in [0.25, 0.3) is 0 Å². The standard InChI is InChI=1S/C14H14BrF3N3O2PS/c1-21(8-24)25(22,23)11-6-12(15)13(19-7-11)20-10-4-2-3-9(5-10)14(16,17)18/h2-7H,8,24H2,1H3,(H,19,20). The molecular formula is C14H14BrF3N3O2PS. The van der Waals surface area contributed by atoms with Crippen molar-refractivity contribution in [2.24, 2.45) is 0 Å². The van der Waals surface area contributed by atoms with Crippen molar-refractivity contribution < 1.29 is 21.6 Å². The highest BCUT2D eigenvalue weighted by atomic mass is 79.9. The van der Waals surface area contributed by atoms with E-state index in [0.717, 1.165) is 22.6 Å². The molecule has 1 unspecified atom stereocenters. The Morgan fingerprint density at radius 1 is 1.32 bits per heavy atom. The number of pyridine rings is 1. The van der Waals surface area contributed by atoms with Gasteiger partial charge >= 0.3 is 6.18 Å². The summed E-state index contributed by atoms with van der Waals surface area (Å²) in [5.74, 6) is 0.201. The fraction of sp³-hybridized carbons (Fsp3) is 0.214. The molecule has 5 nitrogen and oxygen atoms in total. The average molecular weight is 456 g/mol. The van der Waals surface area contributed by atoms with Gasteiger partial charge in [0.05, 0.1) is 10.0 Å². The molecule has 1 heterocycles. The third-order valence-corrected chi connectivity index (χ3v) is 6.44. The minimum atomic E-state index is -4.46. The molecule has 136 valence electrons. The predicted octanol–water partition coefficient (Wildman–Crippen LogP) is 4.06. The maximum atomic E-state index is 12.8. The molecule has 25 heavy (non-hydrogen) atoms. The van der Waals surface area contributed by atoms with E-state index in [1.165, 1.54) is 25.2 Å². The first-order valence-electron chi connectivity index (χ1n) is 6.82. The van der Waals surface area contributed by atoms with Crippen LogP contribution in [0.3, 0.4) is 0 Å². The summed E-state index contributed by atoms with van der Waals surface area (Å²) >= 11 is 3.19. The van der Waals surface area contributed by atoms with Crippen molar-refractivity contribution in [2.45, 2.75) is 11.1 Å². The van der Waals surface area contributed by atoms with Crippen LogP contribution in [0, 0.1) is 0 Å². The molecule has 0 saturated heterocycles. The lowest BCUT2D eigenvalue weighted by Gasteiger charge is -2.16. The fourth-order valence-electron chi connectivity index (χ4n) is 1.84. The summed E-state index contributed by atoms with van der Waals surface area (Å²) in [5.41, 5.74) is -0.615. The van der Waals surface area contributed by atoms with E-state index in [-0.39, 0.29) is 22.7 Å². The third kappa shape index (κ3) is 4.69. The number of anilines is 2. The van der Waals surface area contributed by atoms with Gasteiger partial charge in [-0.1, -0.05) is 6.07 Å². The largest absolute Gasteiger partial charge is 0.416 e. The minimum Gasteiger partial charge on any atom is -0.339 e. The zero-order valence-corrected chi connectivity index (χ0v) is 16.4. The van der Waals surface area contributed by atoms with Crippen LogP contribution in [0.25, 0.3) is 0 Å². The maximum absolute atomic E-state index is 12.8.